The van der Waals surface area contributed by atoms with E-state index in [0.29, 0.717) is 6.54 Å². The summed E-state index contributed by atoms with van der Waals surface area (Å²) in [6, 6.07) is 14.8. The smallest absolute Gasteiger partial charge is 0.287 e. The lowest BCUT2D eigenvalue weighted by atomic mass is 10.2. The predicted octanol–water partition coefficient (Wildman–Crippen LogP) is 4.61. The second-order valence-electron chi connectivity index (χ2n) is 6.13. The highest BCUT2D eigenvalue weighted by Gasteiger charge is 2.23. The Bertz CT molecular complexity index is 1140. The van der Waals surface area contributed by atoms with Gasteiger partial charge in [0.25, 0.3) is 5.91 Å². The van der Waals surface area contributed by atoms with Crippen LogP contribution >= 0.6 is 27.5 Å². The summed E-state index contributed by atoms with van der Waals surface area (Å²) in [5.74, 6) is -0.507. The van der Waals surface area contributed by atoms with E-state index in [-0.39, 0.29) is 27.2 Å². The molecular formula is C20H17BrClNO5S. The lowest BCUT2D eigenvalue weighted by Crippen LogP contribution is -2.22. The summed E-state index contributed by atoms with van der Waals surface area (Å²) in [6.45, 7) is 0.312. The number of nitrogens with one attached hydrogen (secondary N) is 1. The van der Waals surface area contributed by atoms with E-state index in [1.54, 1.807) is 6.07 Å². The van der Waals surface area contributed by atoms with Crippen LogP contribution in [-0.2, 0) is 22.1 Å². The van der Waals surface area contributed by atoms with Crippen molar-refractivity contribution in [3.8, 4) is 5.75 Å². The highest BCUT2D eigenvalue weighted by molar-refractivity contribution is 9.10. The molecule has 0 fully saturated rings. The minimum atomic E-state index is -3.79. The first-order valence-corrected chi connectivity index (χ1v) is 11.3. The molecule has 6 nitrogen and oxygen atoms in total. The molecule has 1 amide bonds. The molecule has 0 aliphatic rings. The summed E-state index contributed by atoms with van der Waals surface area (Å²) < 4.78 is 37.0. The van der Waals surface area contributed by atoms with E-state index in [0.717, 1.165) is 10.0 Å². The third-order valence-corrected chi connectivity index (χ3v) is 6.40. The van der Waals surface area contributed by atoms with Gasteiger partial charge in [-0.15, -0.1) is 0 Å². The van der Waals surface area contributed by atoms with Crippen molar-refractivity contribution in [1.82, 2.24) is 5.32 Å². The fourth-order valence-corrected chi connectivity index (χ4v) is 4.79. The van der Waals surface area contributed by atoms with E-state index in [9.17, 15) is 13.2 Å². The molecule has 3 aromatic rings. The standard InChI is InChI=1S/C20H17BrClNO5S/c1-27-17-7-5-15(22)10-19(17)29(25,26)12-16-6-8-18(28-16)20(24)23-11-13-3-2-4-14(21)9-13/h2-10H,11-12H2,1H3,(H,23,24). The maximum absolute atomic E-state index is 12.8. The maximum Gasteiger partial charge on any atom is 0.287 e. The quantitative estimate of drug-likeness (QED) is 0.514. The van der Waals surface area contributed by atoms with Gasteiger partial charge in [-0.05, 0) is 48.0 Å². The number of halogens is 2. The van der Waals surface area contributed by atoms with Crippen LogP contribution in [0.4, 0.5) is 0 Å². The van der Waals surface area contributed by atoms with Crippen LogP contribution in [-0.4, -0.2) is 21.4 Å². The molecule has 9 heteroatoms. The Morgan fingerprint density at radius 1 is 1.17 bits per heavy atom. The van der Waals surface area contributed by atoms with E-state index in [1.165, 1.54) is 31.4 Å². The Labute approximate surface area is 181 Å². The molecule has 0 atom stereocenters. The first-order chi connectivity index (χ1) is 13.8. The molecule has 0 unspecified atom stereocenters. The number of carbonyl (C=O) groups is 1. The van der Waals surface area contributed by atoms with Gasteiger partial charge in [-0.25, -0.2) is 8.42 Å². The summed E-state index contributed by atoms with van der Waals surface area (Å²) in [5.41, 5.74) is 0.912. The predicted molar refractivity (Wildman–Crippen MR) is 113 cm³/mol. The summed E-state index contributed by atoms with van der Waals surface area (Å²) in [7, 11) is -2.41. The van der Waals surface area contributed by atoms with Crippen molar-refractivity contribution in [2.24, 2.45) is 0 Å². The Hall–Kier alpha value is -2.29. The number of amides is 1. The molecular weight excluding hydrogens is 482 g/mol. The summed E-state index contributed by atoms with van der Waals surface area (Å²) >= 11 is 9.30. The molecule has 3 rings (SSSR count). The fourth-order valence-electron chi connectivity index (χ4n) is 2.65. The van der Waals surface area contributed by atoms with Gasteiger partial charge in [0.05, 0.1) is 7.11 Å². The van der Waals surface area contributed by atoms with Crippen molar-refractivity contribution in [2.45, 2.75) is 17.2 Å². The molecule has 0 aliphatic carbocycles. The van der Waals surface area contributed by atoms with Crippen LogP contribution in [0.3, 0.4) is 0 Å². The van der Waals surface area contributed by atoms with Gasteiger partial charge in [0.15, 0.2) is 15.6 Å². The first kappa shape index (κ1) is 21.4. The fraction of sp³-hybridized carbons (Fsp3) is 0.150. The normalized spacial score (nSPS) is 11.3. The molecule has 0 saturated heterocycles. The zero-order valence-electron chi connectivity index (χ0n) is 15.3. The van der Waals surface area contributed by atoms with E-state index in [4.69, 9.17) is 20.8 Å². The Kier molecular flexibility index (Phi) is 6.66. The van der Waals surface area contributed by atoms with Gasteiger partial charge in [0.2, 0.25) is 0 Å². The SMILES string of the molecule is COc1ccc(Cl)cc1S(=O)(=O)Cc1ccc(C(=O)NCc2cccc(Br)c2)o1. The van der Waals surface area contributed by atoms with Crippen molar-refractivity contribution < 1.29 is 22.4 Å². The van der Waals surface area contributed by atoms with Crippen LogP contribution in [0.15, 0.2) is 68.4 Å². The molecule has 152 valence electrons. The summed E-state index contributed by atoms with van der Waals surface area (Å²) in [4.78, 5) is 12.3. The van der Waals surface area contributed by atoms with Crippen LogP contribution < -0.4 is 10.1 Å². The molecule has 0 saturated carbocycles. The number of hydrogen-bond acceptors (Lipinski definition) is 5. The number of sulfone groups is 1. The minimum Gasteiger partial charge on any atom is -0.495 e. The van der Waals surface area contributed by atoms with Gasteiger partial charge < -0.3 is 14.5 Å². The van der Waals surface area contributed by atoms with E-state index < -0.39 is 21.5 Å². The third-order valence-electron chi connectivity index (χ3n) is 4.02. The topological polar surface area (TPSA) is 85.6 Å². The van der Waals surface area contributed by atoms with E-state index in [1.807, 2.05) is 24.3 Å². The van der Waals surface area contributed by atoms with Crippen molar-refractivity contribution in [2.75, 3.05) is 7.11 Å². The van der Waals surface area contributed by atoms with E-state index in [2.05, 4.69) is 21.2 Å². The largest absolute Gasteiger partial charge is 0.495 e. The number of rotatable bonds is 7. The lowest BCUT2D eigenvalue weighted by Gasteiger charge is -2.09. The van der Waals surface area contributed by atoms with Crippen molar-refractivity contribution >= 4 is 43.3 Å². The van der Waals surface area contributed by atoms with Gasteiger partial charge in [-0.3, -0.25) is 4.79 Å². The highest BCUT2D eigenvalue weighted by atomic mass is 79.9. The van der Waals surface area contributed by atoms with Gasteiger partial charge in [0, 0.05) is 16.0 Å². The maximum atomic E-state index is 12.8. The highest BCUT2D eigenvalue weighted by Crippen LogP contribution is 2.30. The van der Waals surface area contributed by atoms with Crippen LogP contribution in [0.5, 0.6) is 5.75 Å². The van der Waals surface area contributed by atoms with Gasteiger partial charge >= 0.3 is 0 Å². The van der Waals surface area contributed by atoms with Gasteiger partial charge in [-0.1, -0.05) is 39.7 Å². The van der Waals surface area contributed by atoms with Gasteiger partial charge in [-0.2, -0.15) is 0 Å². The molecule has 0 radical (unpaired) electrons. The van der Waals surface area contributed by atoms with Crippen LogP contribution in [0.2, 0.25) is 5.02 Å². The third kappa shape index (κ3) is 5.41. The molecule has 1 N–H and O–H groups in total. The zero-order valence-corrected chi connectivity index (χ0v) is 18.5. The van der Waals surface area contributed by atoms with Crippen molar-refractivity contribution in [3.05, 3.63) is 81.2 Å². The molecule has 1 heterocycles. The Morgan fingerprint density at radius 3 is 2.69 bits per heavy atom. The lowest BCUT2D eigenvalue weighted by molar-refractivity contribution is 0.0921. The molecule has 0 spiro atoms. The average Bonchev–Trinajstić information content (AvgIpc) is 3.14. The Balaban J connectivity index is 1.71. The second-order valence-corrected chi connectivity index (χ2v) is 9.44. The Morgan fingerprint density at radius 2 is 1.97 bits per heavy atom. The molecule has 0 aliphatic heterocycles. The minimum absolute atomic E-state index is 0.0308. The van der Waals surface area contributed by atoms with Crippen LogP contribution in [0.1, 0.15) is 21.9 Å². The first-order valence-electron chi connectivity index (χ1n) is 8.46. The van der Waals surface area contributed by atoms with E-state index >= 15 is 0 Å². The monoisotopic (exact) mass is 497 g/mol. The average molecular weight is 499 g/mol. The number of methoxy groups -OCH3 is 1. The molecule has 2 aromatic carbocycles. The summed E-state index contributed by atoms with van der Waals surface area (Å²) in [6.07, 6.45) is 0. The second kappa shape index (κ2) is 9.02. The molecule has 0 bridgehead atoms. The van der Waals surface area contributed by atoms with Crippen LogP contribution in [0.25, 0.3) is 0 Å². The van der Waals surface area contributed by atoms with Crippen molar-refractivity contribution in [3.63, 3.8) is 0 Å². The number of hydrogen-bond donors (Lipinski definition) is 1. The molecule has 29 heavy (non-hydrogen) atoms. The number of ether oxygens (including phenoxy) is 1. The van der Waals surface area contributed by atoms with Crippen LogP contribution in [0, 0.1) is 0 Å². The number of benzene rings is 2. The summed E-state index contributed by atoms with van der Waals surface area (Å²) in [5, 5.41) is 3.01. The zero-order chi connectivity index (χ0) is 21.0. The van der Waals surface area contributed by atoms with Crippen molar-refractivity contribution in [1.29, 1.82) is 0 Å². The molecule has 1 aromatic heterocycles. The van der Waals surface area contributed by atoms with Gasteiger partial charge in [0.1, 0.15) is 22.2 Å². The number of carbonyl (C=O) groups excluding carboxylic acids is 1. The number of furan rings is 1.